The first-order valence-electron chi connectivity index (χ1n) is 22.8. The summed E-state index contributed by atoms with van der Waals surface area (Å²) in [6.07, 6.45) is 8.85. The van der Waals surface area contributed by atoms with Crippen molar-refractivity contribution in [3.63, 3.8) is 0 Å². The minimum atomic E-state index is -0.930. The Labute approximate surface area is 379 Å². The normalized spacial score (nSPS) is 23.6. The van der Waals surface area contributed by atoms with Gasteiger partial charge in [0.05, 0.1) is 56.7 Å². The molecular weight excluding hydrogens is 825 g/mol. The van der Waals surface area contributed by atoms with E-state index in [1.165, 1.54) is 14.2 Å². The van der Waals surface area contributed by atoms with Crippen LogP contribution in [0.3, 0.4) is 0 Å². The van der Waals surface area contributed by atoms with Crippen molar-refractivity contribution in [3.8, 4) is 33.6 Å². The Morgan fingerprint density at radius 1 is 0.754 bits per heavy atom. The molecule has 4 amide bonds. The molecular formula is C50H58N8O7. The van der Waals surface area contributed by atoms with Gasteiger partial charge in [0, 0.05) is 24.6 Å². The number of ether oxygens (including phenoxy) is 3. The summed E-state index contributed by atoms with van der Waals surface area (Å²) in [6.45, 7) is 5.63. The lowest BCUT2D eigenvalue weighted by Crippen LogP contribution is -2.53. The number of rotatable bonds is 11. The number of likely N-dealkylation sites (tertiary alicyclic amines) is 2. The number of carbonyl (C=O) groups is 4. The van der Waals surface area contributed by atoms with Gasteiger partial charge in [-0.25, -0.2) is 19.6 Å². The van der Waals surface area contributed by atoms with Crippen LogP contribution in [0.15, 0.2) is 91.3 Å². The van der Waals surface area contributed by atoms with E-state index in [-0.39, 0.29) is 41.3 Å². The molecule has 4 fully saturated rings. The molecule has 0 unspecified atom stereocenters. The number of imidazole rings is 2. The second-order valence-electron chi connectivity index (χ2n) is 18.5. The topological polar surface area (TPSA) is 184 Å². The number of fused-ring (bicyclic) bond motifs is 1. The molecule has 9 rings (SSSR count). The van der Waals surface area contributed by atoms with E-state index in [4.69, 9.17) is 24.2 Å². The highest BCUT2D eigenvalue weighted by atomic mass is 16.5. The van der Waals surface area contributed by atoms with E-state index < -0.39 is 24.3 Å². The molecule has 4 N–H and O–H groups in total. The van der Waals surface area contributed by atoms with Gasteiger partial charge in [0.2, 0.25) is 5.91 Å². The lowest BCUT2D eigenvalue weighted by Gasteiger charge is -2.33. The SMILES string of the molecule is COC(=O)N[C@H](C(=O)N1[C@H](c2ncc(-c3ccc(-c4ccc(-c5cnc([C@@H]6C[C@@]7(CCCOC7)CN6C(=O)[C@H](NC(=O)OC)c6ccccc6)[nH]5)cc4)cc3)[nH]2)C[C@@H]2CCC[C@@H]21)C(C)C. The van der Waals surface area contributed by atoms with E-state index in [0.29, 0.717) is 43.5 Å². The summed E-state index contributed by atoms with van der Waals surface area (Å²) in [6, 6.07) is 23.8. The standard InChI is InChI=1S/C50H58N8O7/c1-30(2)42(55-48(61)63-3)47(60)58-39-13-8-12-36(39)24-40(58)44-51-26-37(53-44)33-18-14-31(15-19-33)32-16-20-34(21-17-32)38-27-52-45(54-38)41-25-50(22-9-23-65-29-50)28-57(41)46(59)43(56-49(62)64-4)35-10-6-5-7-11-35/h5-7,10-11,14-21,26-27,30,36,39-43H,8-9,12-13,22-25,28-29H2,1-4H3,(H,51,53)(H,52,54)(H,55,61)(H,56,62)/t36-,39-,40-,41-,42-,43+,50-/m0/s1. The summed E-state index contributed by atoms with van der Waals surface area (Å²) >= 11 is 0. The molecule has 340 valence electrons. The molecule has 3 aliphatic heterocycles. The number of hydrogen-bond acceptors (Lipinski definition) is 9. The zero-order chi connectivity index (χ0) is 45.2. The fraction of sp³-hybridized carbons (Fsp3) is 0.440. The number of nitrogens with one attached hydrogen (secondary N) is 4. The van der Waals surface area contributed by atoms with Gasteiger partial charge in [0.15, 0.2) is 0 Å². The molecule has 4 aliphatic rings. The summed E-state index contributed by atoms with van der Waals surface area (Å²) in [5.41, 5.74) is 6.20. The van der Waals surface area contributed by atoms with Crippen molar-refractivity contribution in [3.05, 3.63) is 108 Å². The van der Waals surface area contributed by atoms with Crippen LogP contribution in [0, 0.1) is 17.3 Å². The first-order valence-corrected chi connectivity index (χ1v) is 22.8. The minimum absolute atomic E-state index is 0.0924. The fourth-order valence-electron chi connectivity index (χ4n) is 10.7. The highest BCUT2D eigenvalue weighted by Gasteiger charge is 2.51. The number of carbonyl (C=O) groups excluding carboxylic acids is 4. The Kier molecular flexibility index (Phi) is 12.5. The van der Waals surface area contributed by atoms with Crippen molar-refractivity contribution in [2.45, 2.75) is 89.0 Å². The van der Waals surface area contributed by atoms with Gasteiger partial charge >= 0.3 is 12.2 Å². The molecule has 3 aromatic carbocycles. The van der Waals surface area contributed by atoms with Crippen molar-refractivity contribution >= 4 is 24.0 Å². The van der Waals surface area contributed by atoms with E-state index >= 15 is 0 Å². The average molecular weight is 883 g/mol. The van der Waals surface area contributed by atoms with Gasteiger partial charge in [-0.3, -0.25) is 9.59 Å². The van der Waals surface area contributed by atoms with Gasteiger partial charge < -0.3 is 44.6 Å². The Bertz CT molecular complexity index is 2480. The molecule has 2 aromatic heterocycles. The highest BCUT2D eigenvalue weighted by molar-refractivity contribution is 5.88. The molecule has 0 radical (unpaired) electrons. The monoisotopic (exact) mass is 882 g/mol. The predicted octanol–water partition coefficient (Wildman–Crippen LogP) is 8.12. The zero-order valence-corrected chi connectivity index (χ0v) is 37.4. The molecule has 65 heavy (non-hydrogen) atoms. The van der Waals surface area contributed by atoms with Crippen LogP contribution in [-0.4, -0.2) is 99.8 Å². The van der Waals surface area contributed by atoms with E-state index in [9.17, 15) is 19.2 Å². The molecule has 0 bridgehead atoms. The molecule has 15 heteroatoms. The van der Waals surface area contributed by atoms with Gasteiger partial charge in [-0.1, -0.05) is 99.1 Å². The number of amides is 4. The fourth-order valence-corrected chi connectivity index (χ4v) is 10.7. The summed E-state index contributed by atoms with van der Waals surface area (Å²) in [4.78, 5) is 73.9. The van der Waals surface area contributed by atoms with Crippen molar-refractivity contribution in [2.24, 2.45) is 17.3 Å². The predicted molar refractivity (Wildman–Crippen MR) is 243 cm³/mol. The van der Waals surface area contributed by atoms with Crippen LogP contribution < -0.4 is 10.6 Å². The van der Waals surface area contributed by atoms with Crippen LogP contribution in [0.2, 0.25) is 0 Å². The first kappa shape index (κ1) is 43.8. The number of aromatic amines is 2. The molecule has 1 aliphatic carbocycles. The van der Waals surface area contributed by atoms with Crippen LogP contribution >= 0.6 is 0 Å². The third kappa shape index (κ3) is 8.85. The Morgan fingerprint density at radius 2 is 1.35 bits per heavy atom. The third-order valence-corrected chi connectivity index (χ3v) is 14.1. The first-order chi connectivity index (χ1) is 31.5. The molecule has 5 aromatic rings. The lowest BCUT2D eigenvalue weighted by molar-refractivity contribution is -0.138. The molecule has 1 saturated carbocycles. The number of alkyl carbamates (subject to hydrolysis) is 2. The van der Waals surface area contributed by atoms with Crippen molar-refractivity contribution in [1.29, 1.82) is 0 Å². The number of benzene rings is 3. The number of hydrogen-bond donors (Lipinski definition) is 4. The van der Waals surface area contributed by atoms with Gasteiger partial charge in [0.1, 0.15) is 23.7 Å². The Hall–Kier alpha value is -6.48. The Balaban J connectivity index is 0.902. The van der Waals surface area contributed by atoms with Crippen molar-refractivity contribution < 1.29 is 33.4 Å². The summed E-state index contributed by atoms with van der Waals surface area (Å²) < 4.78 is 15.8. The number of aromatic nitrogens is 4. The van der Waals surface area contributed by atoms with E-state index in [0.717, 1.165) is 78.0 Å². The zero-order valence-electron chi connectivity index (χ0n) is 37.4. The molecule has 1 spiro atoms. The van der Waals surface area contributed by atoms with Crippen molar-refractivity contribution in [1.82, 2.24) is 40.4 Å². The smallest absolute Gasteiger partial charge is 0.407 e. The summed E-state index contributed by atoms with van der Waals surface area (Å²) in [5, 5.41) is 5.55. The maximum absolute atomic E-state index is 14.5. The van der Waals surface area contributed by atoms with E-state index in [2.05, 4.69) is 69.1 Å². The average Bonchev–Trinajstić information content (AvgIpc) is 4.20. The summed E-state index contributed by atoms with van der Waals surface area (Å²) in [7, 11) is 2.60. The van der Waals surface area contributed by atoms with Gasteiger partial charge in [-0.05, 0) is 78.2 Å². The highest BCUT2D eigenvalue weighted by Crippen LogP contribution is 2.49. The van der Waals surface area contributed by atoms with Crippen molar-refractivity contribution in [2.75, 3.05) is 34.0 Å². The molecule has 5 heterocycles. The van der Waals surface area contributed by atoms with Crippen LogP contribution in [0.1, 0.15) is 94.1 Å². The van der Waals surface area contributed by atoms with E-state index in [1.807, 2.05) is 66.4 Å². The second kappa shape index (κ2) is 18.6. The van der Waals surface area contributed by atoms with Gasteiger partial charge in [-0.2, -0.15) is 0 Å². The summed E-state index contributed by atoms with van der Waals surface area (Å²) in [5.74, 6) is 1.41. The number of nitrogens with zero attached hydrogens (tertiary/aromatic N) is 4. The van der Waals surface area contributed by atoms with Gasteiger partial charge in [-0.15, -0.1) is 0 Å². The lowest BCUT2D eigenvalue weighted by atomic mass is 9.80. The third-order valence-electron chi connectivity index (χ3n) is 14.1. The van der Waals surface area contributed by atoms with Gasteiger partial charge in [0.25, 0.3) is 5.91 Å². The second-order valence-corrected chi connectivity index (χ2v) is 18.5. The van der Waals surface area contributed by atoms with E-state index in [1.54, 1.807) is 0 Å². The van der Waals surface area contributed by atoms with Crippen LogP contribution in [0.4, 0.5) is 9.59 Å². The van der Waals surface area contributed by atoms with Crippen LogP contribution in [-0.2, 0) is 23.8 Å². The quantitative estimate of drug-likeness (QED) is 0.102. The Morgan fingerprint density at radius 3 is 1.94 bits per heavy atom. The maximum atomic E-state index is 14.5. The maximum Gasteiger partial charge on any atom is 0.407 e. The largest absolute Gasteiger partial charge is 0.453 e. The van der Waals surface area contributed by atoms with Crippen LogP contribution in [0.5, 0.6) is 0 Å². The number of methoxy groups -OCH3 is 2. The molecule has 3 saturated heterocycles. The van der Waals surface area contributed by atoms with Crippen LogP contribution in [0.25, 0.3) is 33.6 Å². The minimum Gasteiger partial charge on any atom is -0.453 e. The number of H-pyrrole nitrogens is 2. The molecule has 15 nitrogen and oxygen atoms in total. The molecule has 7 atom stereocenters.